The summed E-state index contributed by atoms with van der Waals surface area (Å²) in [6, 6.07) is -1.43. The van der Waals surface area contributed by atoms with Gasteiger partial charge in [0.25, 0.3) is 5.91 Å². The van der Waals surface area contributed by atoms with Crippen molar-refractivity contribution in [3.8, 4) is 0 Å². The average Bonchev–Trinajstić information content (AvgIpc) is 1.72. The van der Waals surface area contributed by atoms with E-state index in [2.05, 4.69) is 69.1 Å². The number of carbonyl (C=O) groups is 15. The Morgan fingerprint density at radius 3 is 1.76 bits per heavy atom. The number of rotatable bonds is 18. The minimum atomic E-state index is -2.78. The molecule has 4 aromatic rings. The summed E-state index contributed by atoms with van der Waals surface area (Å²) in [6.45, 7) is -2.13. The number of aliphatic hydroxyl groups is 11. The number of carboxylic acids is 1. The van der Waals surface area contributed by atoms with Gasteiger partial charge in [-0.25, -0.2) is 13.9 Å². The van der Waals surface area contributed by atoms with Gasteiger partial charge in [0.2, 0.25) is 89.3 Å². The quantitative estimate of drug-likeness (QED) is 0.0325. The second-order valence-corrected chi connectivity index (χ2v) is 30.0. The maximum atomic E-state index is 15.4. The lowest BCUT2D eigenvalue weighted by molar-refractivity contribution is -0.783. The molecule has 4 heterocycles. The van der Waals surface area contributed by atoms with Crippen LogP contribution >= 0.6 is 15.9 Å². The van der Waals surface area contributed by atoms with Crippen molar-refractivity contribution in [3.63, 3.8) is 0 Å². The lowest BCUT2D eigenvalue weighted by atomic mass is 9.92. The van der Waals surface area contributed by atoms with Crippen LogP contribution in [0, 0.1) is 0 Å². The average molecular weight is 1770 g/mol. The van der Waals surface area contributed by atoms with Gasteiger partial charge in [0.05, 0.1) is 63.6 Å². The number of aliphatic carboxylic acids is 1. The Kier molecular flexibility index (Phi) is 36.0. The van der Waals surface area contributed by atoms with Gasteiger partial charge in [-0.3, -0.25) is 67.1 Å². The Hall–Kier alpha value is -11.6. The number of aromatic nitrogens is 2. The number of nitrogens with one attached hydrogen (secondary N) is 12. The molecule has 3 aliphatic heterocycles. The summed E-state index contributed by atoms with van der Waals surface area (Å²) < 4.78 is 8.15. The van der Waals surface area contributed by atoms with Gasteiger partial charge in [-0.2, -0.15) is 0 Å². The van der Waals surface area contributed by atoms with E-state index in [0.717, 1.165) is 28.6 Å². The number of halogens is 1. The highest BCUT2D eigenvalue weighted by atomic mass is 79.9. The van der Waals surface area contributed by atoms with Crippen LogP contribution in [0.3, 0.4) is 0 Å². The van der Waals surface area contributed by atoms with Crippen LogP contribution in [-0.4, -0.2) is 302 Å². The number of nitrogens with two attached hydrogens (primary N) is 2. The van der Waals surface area contributed by atoms with Crippen LogP contribution < -0.4 is 79.8 Å². The van der Waals surface area contributed by atoms with E-state index in [1.165, 1.54) is 56.3 Å². The Morgan fingerprint density at radius 1 is 0.587 bits per heavy atom. The first-order valence-corrected chi connectivity index (χ1v) is 38.6. The number of benzene rings is 3. The van der Waals surface area contributed by atoms with Gasteiger partial charge in [0.15, 0.2) is 6.10 Å². The molecule has 3 aliphatic rings. The Bertz CT molecular complexity index is 4430. The van der Waals surface area contributed by atoms with Crippen LogP contribution in [0.5, 0.6) is 0 Å². The topological polar surface area (TPSA) is 713 Å². The number of ether oxygens (including phenoxy) is 1. The normalized spacial score (nSPS) is 28.8. The van der Waals surface area contributed by atoms with Crippen LogP contribution in [0.25, 0.3) is 6.08 Å². The molecule has 0 spiro atoms. The molecule has 1 fully saturated rings. The van der Waals surface area contributed by atoms with Gasteiger partial charge in [-0.15, -0.1) is 0 Å². The van der Waals surface area contributed by atoms with Crippen LogP contribution in [0.15, 0.2) is 120 Å². The van der Waals surface area contributed by atoms with E-state index in [-0.39, 0.29) is 5.56 Å². The Labute approximate surface area is 697 Å². The molecule has 45 heteroatoms. The van der Waals surface area contributed by atoms with E-state index in [1.807, 2.05) is 10.6 Å². The second kappa shape index (κ2) is 45.2. The zero-order valence-corrected chi connectivity index (χ0v) is 66.9. The number of hydrogen-bond donors (Lipinski definition) is 26. The van der Waals surface area contributed by atoms with Crippen molar-refractivity contribution in [2.24, 2.45) is 11.5 Å². The minimum Gasteiger partial charge on any atom is -0.480 e. The van der Waals surface area contributed by atoms with E-state index in [1.54, 1.807) is 60.7 Å². The second-order valence-electron chi connectivity index (χ2n) is 29.1. The molecule has 6 unspecified atom stereocenters. The summed E-state index contributed by atoms with van der Waals surface area (Å²) in [5.74, 6) is -23.7. The summed E-state index contributed by atoms with van der Waals surface area (Å²) in [5, 5.41) is 160. The van der Waals surface area contributed by atoms with E-state index in [0.29, 0.717) is 21.2 Å². The van der Waals surface area contributed by atoms with Crippen molar-refractivity contribution in [2.45, 2.75) is 199 Å². The summed E-state index contributed by atoms with van der Waals surface area (Å²) in [6.07, 6.45) is -21.6. The number of hydrogen-bond acceptors (Lipinski definition) is 27. The molecule has 121 heavy (non-hydrogen) atoms. The van der Waals surface area contributed by atoms with Gasteiger partial charge >= 0.3 is 5.97 Å². The number of nitrogens with zero attached hydrogens (tertiary/aromatic N) is 2. The Balaban J connectivity index is 1.46. The zero-order valence-electron chi connectivity index (χ0n) is 65.3. The molecule has 3 aromatic carbocycles. The maximum absolute atomic E-state index is 15.4. The van der Waals surface area contributed by atoms with Crippen molar-refractivity contribution >= 4 is 111 Å². The number of primary amides is 2. The first-order chi connectivity index (χ1) is 57.2. The van der Waals surface area contributed by atoms with Crippen LogP contribution in [0.4, 0.5) is 0 Å². The van der Waals surface area contributed by atoms with Gasteiger partial charge < -0.3 is 141 Å². The summed E-state index contributed by atoms with van der Waals surface area (Å²) >= 11 is 3.28. The number of allylic oxidation sites excluding steroid dienone is 2. The molecule has 658 valence electrons. The lowest BCUT2D eigenvalue weighted by Crippen LogP contribution is -2.64. The molecular formula is C76H100BrN16O28+. The van der Waals surface area contributed by atoms with Crippen molar-refractivity contribution in [1.82, 2.24) is 68.4 Å². The van der Waals surface area contributed by atoms with Crippen LogP contribution in [0.1, 0.15) is 81.0 Å². The van der Waals surface area contributed by atoms with Crippen LogP contribution in [0.2, 0.25) is 0 Å². The number of fused-ring (bicyclic) bond motifs is 2. The van der Waals surface area contributed by atoms with Crippen LogP contribution in [-0.2, 0) is 96.0 Å². The van der Waals surface area contributed by atoms with Gasteiger partial charge in [-0.1, -0.05) is 119 Å². The van der Waals surface area contributed by atoms with E-state index < -0.39 is 299 Å². The maximum Gasteiger partial charge on any atom is 0.326 e. The fourth-order valence-corrected chi connectivity index (χ4v) is 13.3. The molecule has 7 rings (SSSR count). The van der Waals surface area contributed by atoms with Gasteiger partial charge in [0, 0.05) is 36.1 Å². The minimum absolute atomic E-state index is 0.261. The van der Waals surface area contributed by atoms with Crippen molar-refractivity contribution in [3.05, 3.63) is 142 Å². The lowest BCUT2D eigenvalue weighted by Gasteiger charge is -2.38. The van der Waals surface area contributed by atoms with Crippen molar-refractivity contribution in [1.29, 1.82) is 0 Å². The monoisotopic (exact) mass is 1760 g/mol. The molecule has 0 aliphatic carbocycles. The SMILES string of the molecule is CC(/C=C/c1ccccc1)=C\[C@H](O)C1CC(=O)N[C@@H](CO)C(=O)N[C@@H]2Cn3cc([n+]([C@@H]4OC(CO)[C@H](O)C(O)C4O)c3)C[C@H](NC(=O)C[C@H](O)CC(C(=O)O)NC(=O)[C@@H](O)CNC(=O)[C@H]([C@@H](C)c3ccc(Br)cc3)NC(=O)[C@H]([C@@H](O)C(N)=O)NC(=O)[C@H](CC(N)=O)NC2=O)C(=O)NC([C@H](C)O)C(=O)N[C@@H](CO)C(=O)N[C@@H](Cc2ccccc2)C(=O)N1. The van der Waals surface area contributed by atoms with E-state index >= 15 is 9.59 Å². The standard InChI is InChI=1S/C76H99BrN16O28/c1-34(14-15-37-10-6-4-7-11-37)20-51(99)43-26-56(103)82-49(30-94)69(113)87-48-29-92-28-41(93(33-92)75-63(107)62(106)60(104)53(32-96)121-75)22-45(66(110)90-58(36(3)97)73(117)88-50(31-95)70(114)84-44(65(109)83-43)21-38-12-8-5-9-13-38)81-55(102)24-42(98)23-47(76(119)120)86-71(115)52(100)27-80-72(116)57(35(2)39-16-18-40(77)19-17-39)89-74(118)59(61(105)64(79)108)91-67(111)46(25-54(78)101)85-68(48)112/h4-20,28,33,35-36,42-53,57-63,75,94-100,104-107H,21-27,29-32H2,1-3H3,(H16-,78,79,80,81,82,83,84,85,86,87,88,89,90,91,101,102,103,108,109,110,111,112,113,114,115,116,117,118,119,120)/p+1/b15-14+,34-20+/t35-,36-,42+,43?,44-,45-,46-,47?,48+,49-,50-,51-,52-,53?,57-,58?,59-,60-,61+,62?,63?,75+/m0/s1. The van der Waals surface area contributed by atoms with E-state index in [9.17, 15) is 124 Å². The smallest absolute Gasteiger partial charge is 0.326 e. The predicted molar refractivity (Wildman–Crippen MR) is 418 cm³/mol. The first kappa shape index (κ1) is 96.5. The molecular weight excluding hydrogens is 1660 g/mol. The van der Waals surface area contributed by atoms with Gasteiger partial charge in [0.1, 0.15) is 109 Å². The zero-order chi connectivity index (χ0) is 89.4. The molecule has 1 saturated heterocycles. The molecule has 28 N–H and O–H groups in total. The molecule has 14 amide bonds. The first-order valence-electron chi connectivity index (χ1n) is 37.8. The summed E-state index contributed by atoms with van der Waals surface area (Å²) in [7, 11) is 0. The number of β-amino-alcohol motifs (C(OH)–C–C–N with tert-alkyl or cyclic N) is 1. The third-order valence-corrected chi connectivity index (χ3v) is 20.2. The fourth-order valence-electron chi connectivity index (χ4n) is 13.0. The molecule has 44 nitrogen and oxygen atoms in total. The largest absolute Gasteiger partial charge is 0.480 e. The van der Waals surface area contributed by atoms with Crippen molar-refractivity contribution < 1.29 is 143 Å². The molecule has 4 bridgehead atoms. The van der Waals surface area contributed by atoms with Crippen molar-refractivity contribution in [2.75, 3.05) is 26.4 Å². The van der Waals surface area contributed by atoms with E-state index in [4.69, 9.17) is 16.2 Å². The predicted octanol–water partition coefficient (Wildman–Crippen LogP) is -11.3. The number of carboxylic acid groups (broad SMARTS) is 1. The molecule has 0 radical (unpaired) electrons. The summed E-state index contributed by atoms with van der Waals surface area (Å²) in [4.78, 5) is 215. The highest BCUT2D eigenvalue weighted by Gasteiger charge is 2.49. The molecule has 0 saturated carbocycles. The summed E-state index contributed by atoms with van der Waals surface area (Å²) in [5.41, 5.74) is 12.3. The fraction of sp³-hybridized carbons (Fsp3) is 0.474. The molecule has 1 aromatic heterocycles. The Morgan fingerprint density at radius 2 is 1.15 bits per heavy atom. The van der Waals surface area contributed by atoms with Gasteiger partial charge in [-0.05, 0) is 42.7 Å². The number of carbonyl (C=O) groups excluding carboxylic acids is 14. The highest BCUT2D eigenvalue weighted by Crippen LogP contribution is 2.27. The number of imidazole rings is 1. The number of amides is 14. The highest BCUT2D eigenvalue weighted by molar-refractivity contribution is 9.10. The molecule has 22 atom stereocenters. The third-order valence-electron chi connectivity index (χ3n) is 19.7. The third kappa shape index (κ3) is 27.7. The number of aliphatic hydroxyl groups excluding tert-OH is 11.